The van der Waals surface area contributed by atoms with Crippen molar-refractivity contribution >= 4 is 11.9 Å². The van der Waals surface area contributed by atoms with E-state index in [2.05, 4.69) is 97.0 Å². The number of esters is 2. The molecule has 0 aliphatic heterocycles. The molecule has 0 N–H and O–H groups in total. The van der Waals surface area contributed by atoms with E-state index in [-0.39, 0.29) is 11.9 Å². The van der Waals surface area contributed by atoms with Crippen LogP contribution in [-0.4, -0.2) is 11.9 Å². The van der Waals surface area contributed by atoms with E-state index in [0.29, 0.717) is 42.1 Å². The number of carbonyl (C=O) groups is 2. The Morgan fingerprint density at radius 2 is 0.922 bits per heavy atom. The van der Waals surface area contributed by atoms with Crippen molar-refractivity contribution in [1.82, 2.24) is 0 Å². The molecule has 5 rings (SSSR count). The normalized spacial score (nSPS) is 10.6. The number of ether oxygens (including phenoxy) is 2. The predicted octanol–water partition coefficient (Wildman–Crippen LogP) is 12.3. The monoisotopic (exact) mass is 684 g/mol. The van der Waals surface area contributed by atoms with E-state index in [4.69, 9.17) is 9.47 Å². The van der Waals surface area contributed by atoms with Gasteiger partial charge in [0.25, 0.3) is 0 Å². The highest BCUT2D eigenvalue weighted by Gasteiger charge is 2.11. The second-order valence-electron chi connectivity index (χ2n) is 13.9. The zero-order valence-electron chi connectivity index (χ0n) is 32.0. The van der Waals surface area contributed by atoms with Crippen LogP contribution in [0.2, 0.25) is 0 Å². The number of hydrogen-bond acceptors (Lipinski definition) is 4. The van der Waals surface area contributed by atoms with Gasteiger partial charge in [0.1, 0.15) is 13.2 Å². The SMILES string of the molecule is CC(C)c1ccc(COC(=O)c2ccccc2)cc1.CCc1ccc(C(C)C)cc1.Cc1ccc(C(=O)OCc2ccc(C(C)C)cc2)c(C)c1. The molecule has 0 spiro atoms. The minimum Gasteiger partial charge on any atom is -0.457 e. The summed E-state index contributed by atoms with van der Waals surface area (Å²) in [6, 6.07) is 40.1. The van der Waals surface area contributed by atoms with Crippen LogP contribution in [0.1, 0.15) is 131 Å². The van der Waals surface area contributed by atoms with Crippen molar-refractivity contribution in [2.45, 2.75) is 99.7 Å². The summed E-state index contributed by atoms with van der Waals surface area (Å²) in [6.07, 6.45) is 1.14. The molecule has 0 aliphatic rings. The van der Waals surface area contributed by atoms with Crippen molar-refractivity contribution < 1.29 is 19.1 Å². The lowest BCUT2D eigenvalue weighted by Crippen LogP contribution is -2.07. The summed E-state index contributed by atoms with van der Waals surface area (Å²) < 4.78 is 10.7. The van der Waals surface area contributed by atoms with Gasteiger partial charge in [0.15, 0.2) is 0 Å². The van der Waals surface area contributed by atoms with Gasteiger partial charge in [-0.15, -0.1) is 0 Å². The topological polar surface area (TPSA) is 52.6 Å². The Bertz CT molecular complexity index is 1770. The molecule has 0 bridgehead atoms. The number of aryl methyl sites for hydroxylation is 3. The number of rotatable bonds is 10. The van der Waals surface area contributed by atoms with Crippen LogP contribution < -0.4 is 0 Å². The highest BCUT2D eigenvalue weighted by atomic mass is 16.5. The molecule has 0 unspecified atom stereocenters. The maximum atomic E-state index is 12.1. The van der Waals surface area contributed by atoms with Crippen molar-refractivity contribution in [2.24, 2.45) is 0 Å². The van der Waals surface area contributed by atoms with Gasteiger partial charge in [-0.05, 0) is 95.2 Å². The molecule has 0 heterocycles. The molecule has 0 saturated heterocycles. The maximum absolute atomic E-state index is 12.1. The van der Waals surface area contributed by atoms with E-state index in [9.17, 15) is 9.59 Å². The Morgan fingerprint density at radius 3 is 1.31 bits per heavy atom. The molecule has 4 nitrogen and oxygen atoms in total. The molecule has 0 fully saturated rings. The molecule has 0 amide bonds. The lowest BCUT2D eigenvalue weighted by molar-refractivity contribution is 0.0463. The zero-order valence-corrected chi connectivity index (χ0v) is 32.0. The molecule has 0 aromatic heterocycles. The Hall–Kier alpha value is -4.96. The Balaban J connectivity index is 0.000000216. The first kappa shape index (κ1) is 40.5. The average Bonchev–Trinajstić information content (AvgIpc) is 3.14. The van der Waals surface area contributed by atoms with Crippen molar-refractivity contribution in [3.8, 4) is 0 Å². The fraction of sp³-hybridized carbons (Fsp3) is 0.319. The van der Waals surface area contributed by atoms with Gasteiger partial charge < -0.3 is 9.47 Å². The van der Waals surface area contributed by atoms with Crippen LogP contribution in [0.25, 0.3) is 0 Å². The third-order valence-corrected chi connectivity index (χ3v) is 8.70. The second-order valence-corrected chi connectivity index (χ2v) is 13.9. The molecule has 0 saturated carbocycles. The Kier molecular flexibility index (Phi) is 16.4. The van der Waals surface area contributed by atoms with E-state index in [1.54, 1.807) is 12.1 Å². The van der Waals surface area contributed by atoms with Crippen LogP contribution in [0, 0.1) is 13.8 Å². The van der Waals surface area contributed by atoms with Crippen molar-refractivity contribution in [2.75, 3.05) is 0 Å². The number of carbonyl (C=O) groups excluding carboxylic acids is 2. The molecule has 51 heavy (non-hydrogen) atoms. The summed E-state index contributed by atoms with van der Waals surface area (Å²) in [4.78, 5) is 23.9. The van der Waals surface area contributed by atoms with E-state index in [1.807, 2.05) is 74.5 Å². The standard InChI is InChI=1S/C19H22O2.C17H18O2.C11H16/c1-13(2)17-8-6-16(7-9-17)12-21-19(20)18-10-5-14(3)11-15(18)4;1-13(2)15-10-8-14(9-11-15)12-19-17(18)16-6-4-3-5-7-16;1-4-10-5-7-11(8-6-10)9(2)3/h5-11,13H,12H2,1-4H3;3-11,13H,12H2,1-2H3;5-9H,4H2,1-3H3. The first-order valence-electron chi connectivity index (χ1n) is 18.1. The third kappa shape index (κ3) is 13.7. The van der Waals surface area contributed by atoms with Crippen LogP contribution in [0.4, 0.5) is 0 Å². The van der Waals surface area contributed by atoms with Gasteiger partial charge in [0, 0.05) is 0 Å². The summed E-state index contributed by atoms with van der Waals surface area (Å²) in [6.45, 7) is 19.8. The first-order valence-corrected chi connectivity index (χ1v) is 18.1. The van der Waals surface area contributed by atoms with Gasteiger partial charge in [-0.25, -0.2) is 9.59 Å². The minimum atomic E-state index is -0.284. The summed E-state index contributed by atoms with van der Waals surface area (Å²) in [5.41, 5.74) is 10.8. The highest BCUT2D eigenvalue weighted by molar-refractivity contribution is 5.91. The summed E-state index contributed by atoms with van der Waals surface area (Å²) in [7, 11) is 0. The Labute approximate surface area is 306 Å². The van der Waals surface area contributed by atoms with E-state index < -0.39 is 0 Å². The number of benzene rings is 5. The fourth-order valence-corrected chi connectivity index (χ4v) is 5.21. The number of hydrogen-bond donors (Lipinski definition) is 0. The Morgan fingerprint density at radius 1 is 0.510 bits per heavy atom. The van der Waals surface area contributed by atoms with Crippen LogP contribution >= 0.6 is 0 Å². The van der Waals surface area contributed by atoms with Crippen molar-refractivity contribution in [1.29, 1.82) is 0 Å². The molecular weight excluding hydrogens is 629 g/mol. The van der Waals surface area contributed by atoms with Crippen LogP contribution in [-0.2, 0) is 29.1 Å². The smallest absolute Gasteiger partial charge is 0.338 e. The lowest BCUT2D eigenvalue weighted by Gasteiger charge is -2.09. The molecule has 0 aliphatic carbocycles. The average molecular weight is 685 g/mol. The molecular formula is C47H56O4. The van der Waals surface area contributed by atoms with Crippen LogP contribution in [0.3, 0.4) is 0 Å². The zero-order chi connectivity index (χ0) is 37.3. The van der Waals surface area contributed by atoms with Crippen molar-refractivity contribution in [3.63, 3.8) is 0 Å². The van der Waals surface area contributed by atoms with Gasteiger partial charge in [-0.2, -0.15) is 0 Å². The second kappa shape index (κ2) is 20.7. The van der Waals surface area contributed by atoms with Crippen LogP contribution in [0.15, 0.2) is 121 Å². The van der Waals surface area contributed by atoms with Crippen molar-refractivity contribution in [3.05, 3.63) is 177 Å². The maximum Gasteiger partial charge on any atom is 0.338 e. The van der Waals surface area contributed by atoms with Gasteiger partial charge in [0.05, 0.1) is 11.1 Å². The highest BCUT2D eigenvalue weighted by Crippen LogP contribution is 2.18. The molecule has 5 aromatic carbocycles. The van der Waals surface area contributed by atoms with E-state index in [0.717, 1.165) is 28.7 Å². The molecule has 0 atom stereocenters. The summed E-state index contributed by atoms with van der Waals surface area (Å²) in [5, 5.41) is 0. The predicted molar refractivity (Wildman–Crippen MR) is 212 cm³/mol. The summed E-state index contributed by atoms with van der Waals surface area (Å²) >= 11 is 0. The molecule has 268 valence electrons. The first-order chi connectivity index (χ1) is 24.4. The fourth-order valence-electron chi connectivity index (χ4n) is 5.21. The quantitative estimate of drug-likeness (QED) is 0.137. The van der Waals surface area contributed by atoms with Gasteiger partial charge in [0.2, 0.25) is 0 Å². The third-order valence-electron chi connectivity index (χ3n) is 8.70. The van der Waals surface area contributed by atoms with Gasteiger partial charge in [-0.3, -0.25) is 0 Å². The molecule has 5 aromatic rings. The lowest BCUT2D eigenvalue weighted by atomic mass is 10.0. The summed E-state index contributed by atoms with van der Waals surface area (Å²) in [5.74, 6) is 1.13. The van der Waals surface area contributed by atoms with E-state index >= 15 is 0 Å². The van der Waals surface area contributed by atoms with Gasteiger partial charge >= 0.3 is 11.9 Å². The van der Waals surface area contributed by atoms with Gasteiger partial charge in [-0.1, -0.05) is 157 Å². The van der Waals surface area contributed by atoms with Crippen LogP contribution in [0.5, 0.6) is 0 Å². The largest absolute Gasteiger partial charge is 0.457 e. The van der Waals surface area contributed by atoms with E-state index in [1.165, 1.54) is 22.3 Å². The molecule has 4 heteroatoms. The molecule has 0 radical (unpaired) electrons. The minimum absolute atomic E-state index is 0.263.